The van der Waals surface area contributed by atoms with E-state index in [2.05, 4.69) is 9.47 Å². The van der Waals surface area contributed by atoms with Crippen LogP contribution >= 0.6 is 0 Å². The summed E-state index contributed by atoms with van der Waals surface area (Å²) >= 11 is 0. The Morgan fingerprint density at radius 1 is 1.30 bits per heavy atom. The Bertz CT molecular complexity index is 126. The second-order valence-corrected chi connectivity index (χ2v) is 1.84. The highest BCUT2D eigenvalue weighted by Gasteiger charge is 2.60. The maximum absolute atomic E-state index is 12.3. The van der Waals surface area contributed by atoms with Crippen LogP contribution in [-0.2, 0) is 9.47 Å². The van der Waals surface area contributed by atoms with Gasteiger partial charge in [0.05, 0.1) is 0 Å². The van der Waals surface area contributed by atoms with E-state index in [-0.39, 0.29) is 0 Å². The van der Waals surface area contributed by atoms with Gasteiger partial charge in [-0.3, -0.25) is 0 Å². The van der Waals surface area contributed by atoms with Crippen LogP contribution in [0.1, 0.15) is 0 Å². The third-order valence-corrected chi connectivity index (χ3v) is 1.08. The lowest BCUT2D eigenvalue weighted by molar-refractivity contribution is -0.310. The molecule has 1 fully saturated rings. The van der Waals surface area contributed by atoms with Crippen molar-refractivity contribution in [1.82, 2.24) is 0 Å². The molecule has 2 nitrogen and oxygen atoms in total. The molecule has 1 unspecified atom stereocenters. The van der Waals surface area contributed by atoms with Crippen molar-refractivity contribution in [3.8, 4) is 0 Å². The summed E-state index contributed by atoms with van der Waals surface area (Å²) in [5.41, 5.74) is 0. The fourth-order valence-corrected chi connectivity index (χ4v) is 0.513. The van der Waals surface area contributed by atoms with Crippen LogP contribution in [0.15, 0.2) is 0 Å². The van der Waals surface area contributed by atoms with E-state index < -0.39 is 25.4 Å². The van der Waals surface area contributed by atoms with Gasteiger partial charge in [-0.05, 0) is 0 Å². The molecule has 1 saturated heterocycles. The first-order valence-corrected chi connectivity index (χ1v) is 2.43. The van der Waals surface area contributed by atoms with Gasteiger partial charge in [-0.25, -0.2) is 0 Å². The smallest absolute Gasteiger partial charge is 0.349 e. The predicted molar refractivity (Wildman–Crippen MR) is 21.8 cm³/mol. The Kier molecular flexibility index (Phi) is 1.60. The molecular weight excluding hydrogens is 156 g/mol. The molecular formula is C4H4F4O2. The zero-order valence-electron chi connectivity index (χ0n) is 4.74. The molecule has 0 radical (unpaired) electrons. The van der Waals surface area contributed by atoms with Crippen LogP contribution in [0.3, 0.4) is 0 Å². The largest absolute Gasteiger partial charge is 0.450 e. The van der Waals surface area contributed by atoms with E-state index in [9.17, 15) is 17.6 Å². The van der Waals surface area contributed by atoms with E-state index in [1.54, 1.807) is 0 Å². The highest BCUT2D eigenvalue weighted by atomic mass is 19.4. The van der Waals surface area contributed by atoms with Crippen molar-refractivity contribution in [2.75, 3.05) is 13.4 Å². The molecule has 0 aliphatic carbocycles. The van der Waals surface area contributed by atoms with Gasteiger partial charge in [-0.1, -0.05) is 0 Å². The topological polar surface area (TPSA) is 18.5 Å². The molecule has 60 valence electrons. The fraction of sp³-hybridized carbons (Fsp3) is 1.00. The molecule has 0 saturated carbocycles. The first-order valence-electron chi connectivity index (χ1n) is 2.43. The monoisotopic (exact) mass is 160 g/mol. The molecule has 0 amide bonds. The molecule has 6 heteroatoms. The van der Waals surface area contributed by atoms with Gasteiger partial charge in [0.25, 0.3) is 0 Å². The molecule has 0 aromatic carbocycles. The lowest BCUT2D eigenvalue weighted by Crippen LogP contribution is -2.42. The number of alkyl halides is 4. The Morgan fingerprint density at radius 3 is 2.10 bits per heavy atom. The summed E-state index contributed by atoms with van der Waals surface area (Å²) < 4.78 is 54.8. The summed E-state index contributed by atoms with van der Waals surface area (Å²) in [6, 6.07) is 0. The van der Waals surface area contributed by atoms with E-state index >= 15 is 0 Å². The number of rotatable bonds is 0. The van der Waals surface area contributed by atoms with Crippen LogP contribution in [0.25, 0.3) is 0 Å². The Balaban J connectivity index is 2.67. The average Bonchev–Trinajstić information content (AvgIpc) is 2.13. The molecule has 1 rings (SSSR count). The molecule has 10 heavy (non-hydrogen) atoms. The number of hydrogen-bond acceptors (Lipinski definition) is 2. The average molecular weight is 160 g/mol. The van der Waals surface area contributed by atoms with Crippen LogP contribution in [0.4, 0.5) is 17.6 Å². The van der Waals surface area contributed by atoms with Crippen LogP contribution in [0, 0.1) is 0 Å². The molecule has 0 spiro atoms. The minimum atomic E-state index is -5.00. The van der Waals surface area contributed by atoms with E-state index in [4.69, 9.17) is 0 Å². The van der Waals surface area contributed by atoms with Crippen molar-refractivity contribution in [3.63, 3.8) is 0 Å². The maximum atomic E-state index is 12.3. The molecule has 0 aromatic rings. The summed E-state index contributed by atoms with van der Waals surface area (Å²) in [5, 5.41) is 0. The normalized spacial score (nSPS) is 34.8. The highest BCUT2D eigenvalue weighted by Crippen LogP contribution is 2.37. The van der Waals surface area contributed by atoms with Crippen molar-refractivity contribution in [1.29, 1.82) is 0 Å². The highest BCUT2D eigenvalue weighted by molar-refractivity contribution is 4.78. The Morgan fingerprint density at radius 2 is 1.90 bits per heavy atom. The Hall–Kier alpha value is -0.360. The fourth-order valence-electron chi connectivity index (χ4n) is 0.513. The summed E-state index contributed by atoms with van der Waals surface area (Å²) in [6.45, 7) is -1.72. The van der Waals surface area contributed by atoms with Crippen molar-refractivity contribution < 1.29 is 27.0 Å². The summed E-state index contributed by atoms with van der Waals surface area (Å²) in [4.78, 5) is 0. The molecule has 1 heterocycles. The third-order valence-electron chi connectivity index (χ3n) is 1.08. The van der Waals surface area contributed by atoms with Gasteiger partial charge >= 0.3 is 12.0 Å². The van der Waals surface area contributed by atoms with Crippen LogP contribution in [0.2, 0.25) is 0 Å². The summed E-state index contributed by atoms with van der Waals surface area (Å²) in [5.74, 6) is -3.59. The number of hydrogen-bond donors (Lipinski definition) is 0. The van der Waals surface area contributed by atoms with Gasteiger partial charge < -0.3 is 9.47 Å². The predicted octanol–water partition coefficient (Wildman–Crippen LogP) is 1.22. The molecule has 0 bridgehead atoms. The van der Waals surface area contributed by atoms with Gasteiger partial charge in [0, 0.05) is 0 Å². The lowest BCUT2D eigenvalue weighted by Gasteiger charge is -2.19. The van der Waals surface area contributed by atoms with Gasteiger partial charge in [0.2, 0.25) is 0 Å². The Labute approximate surface area is 53.7 Å². The lowest BCUT2D eigenvalue weighted by atomic mass is 10.3. The molecule has 0 aromatic heterocycles. The third kappa shape index (κ3) is 1.08. The zero-order chi connectivity index (χ0) is 7.83. The van der Waals surface area contributed by atoms with Crippen molar-refractivity contribution >= 4 is 0 Å². The van der Waals surface area contributed by atoms with Crippen molar-refractivity contribution in [2.45, 2.75) is 12.0 Å². The van der Waals surface area contributed by atoms with Gasteiger partial charge in [0.15, 0.2) is 6.79 Å². The van der Waals surface area contributed by atoms with E-state index in [0.29, 0.717) is 0 Å². The minimum absolute atomic E-state index is 0.643. The maximum Gasteiger partial charge on any atom is 0.450 e. The SMILES string of the molecule is FC(F)(F)C1(F)COCO1. The minimum Gasteiger partial charge on any atom is -0.349 e. The van der Waals surface area contributed by atoms with Crippen molar-refractivity contribution in [2.24, 2.45) is 0 Å². The van der Waals surface area contributed by atoms with Crippen molar-refractivity contribution in [3.05, 3.63) is 0 Å². The standard InChI is InChI=1S/C4H4F4O2/c5-3(4(6,7)8)1-9-2-10-3/h1-2H2. The molecule has 1 aliphatic rings. The second kappa shape index (κ2) is 2.06. The zero-order valence-corrected chi connectivity index (χ0v) is 4.74. The second-order valence-electron chi connectivity index (χ2n) is 1.84. The van der Waals surface area contributed by atoms with Gasteiger partial charge in [-0.2, -0.15) is 17.6 Å². The van der Waals surface area contributed by atoms with E-state index in [0.717, 1.165) is 0 Å². The molecule has 1 aliphatic heterocycles. The van der Waals surface area contributed by atoms with E-state index in [1.807, 2.05) is 0 Å². The van der Waals surface area contributed by atoms with Gasteiger partial charge in [-0.15, -0.1) is 0 Å². The summed E-state index contributed by atoms with van der Waals surface area (Å²) in [7, 11) is 0. The van der Waals surface area contributed by atoms with Crippen LogP contribution in [0.5, 0.6) is 0 Å². The molecule has 1 atom stereocenters. The number of halogens is 4. The molecule has 0 N–H and O–H groups in total. The van der Waals surface area contributed by atoms with Crippen LogP contribution < -0.4 is 0 Å². The quantitative estimate of drug-likeness (QED) is 0.496. The number of ether oxygens (including phenoxy) is 2. The van der Waals surface area contributed by atoms with Crippen LogP contribution in [-0.4, -0.2) is 25.4 Å². The van der Waals surface area contributed by atoms with Gasteiger partial charge in [0.1, 0.15) is 6.61 Å². The summed E-state index contributed by atoms with van der Waals surface area (Å²) in [6.07, 6.45) is -5.00. The van der Waals surface area contributed by atoms with E-state index in [1.165, 1.54) is 0 Å². The first kappa shape index (κ1) is 7.74. The first-order chi connectivity index (χ1) is 4.46.